The minimum atomic E-state index is -4.68. The first-order chi connectivity index (χ1) is 22.6. The van der Waals surface area contributed by atoms with Crippen molar-refractivity contribution in [3.63, 3.8) is 0 Å². The zero-order valence-corrected chi connectivity index (χ0v) is 27.3. The summed E-state index contributed by atoms with van der Waals surface area (Å²) in [5.74, 6) is 0.209. The monoisotopic (exact) mass is 678 g/mol. The van der Waals surface area contributed by atoms with Crippen LogP contribution >= 0.6 is 11.6 Å². The van der Waals surface area contributed by atoms with Crippen molar-refractivity contribution in [2.75, 3.05) is 56.7 Å². The minimum absolute atomic E-state index is 0.0454. The van der Waals surface area contributed by atoms with Crippen LogP contribution in [0.25, 0.3) is 0 Å². The van der Waals surface area contributed by atoms with Crippen LogP contribution in [0.2, 0.25) is 5.02 Å². The van der Waals surface area contributed by atoms with Crippen LogP contribution in [0.5, 0.6) is 17.2 Å². The second-order valence-corrected chi connectivity index (χ2v) is 12.9. The molecule has 1 aromatic heterocycles. The number of hydrogen-bond acceptors (Lipinski definition) is 10. The zero-order chi connectivity index (χ0) is 33.3. The standard InChI is InChI=1S/C33H31ClN4O8S/c1-43-23-12-14-29(28(21-23)45-3)47(41,42)38-26-13-11-22(34)20-25(26)33(31(38)39,24-8-4-5-9-27(24)44-2)46-32(40)37-18-16-36(17-19-37)30-10-6-7-15-35-30/h4-15,20-21H,16-19H2,1-3H3. The summed E-state index contributed by atoms with van der Waals surface area (Å²) in [7, 11) is -0.536. The van der Waals surface area contributed by atoms with E-state index in [-0.39, 0.29) is 51.3 Å². The van der Waals surface area contributed by atoms with Gasteiger partial charge in [0.05, 0.1) is 32.6 Å². The number of pyridine rings is 1. The van der Waals surface area contributed by atoms with Gasteiger partial charge in [-0.1, -0.05) is 35.9 Å². The molecule has 1 unspecified atom stereocenters. The maximum absolute atomic E-state index is 14.9. The summed E-state index contributed by atoms with van der Waals surface area (Å²) in [6.45, 7) is 1.45. The lowest BCUT2D eigenvalue weighted by atomic mass is 9.86. The zero-order valence-electron chi connectivity index (χ0n) is 25.8. The summed E-state index contributed by atoms with van der Waals surface area (Å²) < 4.78 is 52.1. The van der Waals surface area contributed by atoms with Crippen LogP contribution in [0.1, 0.15) is 11.1 Å². The molecule has 1 saturated heterocycles. The first kappa shape index (κ1) is 32.0. The van der Waals surface area contributed by atoms with Crippen LogP contribution in [-0.2, 0) is 25.2 Å². The molecule has 0 saturated carbocycles. The number of ether oxygens (including phenoxy) is 4. The van der Waals surface area contributed by atoms with E-state index < -0.39 is 27.6 Å². The molecule has 0 bridgehead atoms. The van der Waals surface area contributed by atoms with Crippen LogP contribution in [0, 0.1) is 0 Å². The Morgan fingerprint density at radius 3 is 2.23 bits per heavy atom. The van der Waals surface area contributed by atoms with Crippen molar-refractivity contribution in [1.29, 1.82) is 0 Å². The largest absolute Gasteiger partial charge is 0.497 e. The fourth-order valence-corrected chi connectivity index (χ4v) is 7.63. The van der Waals surface area contributed by atoms with E-state index in [1.165, 1.54) is 62.6 Å². The molecule has 0 spiro atoms. The Morgan fingerprint density at radius 2 is 1.55 bits per heavy atom. The van der Waals surface area contributed by atoms with Gasteiger partial charge in [0.15, 0.2) is 0 Å². The molecular weight excluding hydrogens is 648 g/mol. The number of aromatic nitrogens is 1. The molecule has 3 heterocycles. The Morgan fingerprint density at radius 1 is 0.830 bits per heavy atom. The minimum Gasteiger partial charge on any atom is -0.497 e. The Labute approximate surface area is 277 Å². The summed E-state index contributed by atoms with van der Waals surface area (Å²) in [5, 5.41) is 0.192. The lowest BCUT2D eigenvalue weighted by Gasteiger charge is -2.37. The second kappa shape index (κ2) is 12.6. The molecule has 12 nitrogen and oxygen atoms in total. The highest BCUT2D eigenvalue weighted by Crippen LogP contribution is 2.52. The van der Waals surface area contributed by atoms with E-state index in [4.69, 9.17) is 30.5 Å². The SMILES string of the molecule is COc1ccc(S(=O)(=O)N2C(=O)C(OC(=O)N3CCN(c4ccccn4)CC3)(c3ccccc3OC)c3cc(Cl)ccc32)c(OC)c1. The number of halogens is 1. The summed E-state index contributed by atoms with van der Waals surface area (Å²) in [6.07, 6.45) is 0.875. The molecule has 244 valence electrons. The number of sulfonamides is 1. The highest BCUT2D eigenvalue weighted by molar-refractivity contribution is 7.93. The molecule has 3 aromatic carbocycles. The third-order valence-corrected chi connectivity index (χ3v) is 10.1. The van der Waals surface area contributed by atoms with E-state index in [0.29, 0.717) is 23.1 Å². The van der Waals surface area contributed by atoms with Crippen LogP contribution < -0.4 is 23.4 Å². The number of fused-ring (bicyclic) bond motifs is 1. The van der Waals surface area contributed by atoms with Crippen LogP contribution in [0.4, 0.5) is 16.3 Å². The number of amides is 2. The second-order valence-electron chi connectivity index (χ2n) is 10.7. The predicted molar refractivity (Wildman–Crippen MR) is 174 cm³/mol. The summed E-state index contributed by atoms with van der Waals surface area (Å²) in [5.41, 5.74) is -2.17. The van der Waals surface area contributed by atoms with Crippen molar-refractivity contribution in [2.45, 2.75) is 10.5 Å². The summed E-state index contributed by atoms with van der Waals surface area (Å²) in [6, 6.07) is 20.5. The number of nitrogens with zero attached hydrogens (tertiary/aromatic N) is 4. The van der Waals surface area contributed by atoms with Crippen molar-refractivity contribution >= 4 is 45.1 Å². The number of hydrogen-bond donors (Lipinski definition) is 0. The molecule has 0 aliphatic carbocycles. The van der Waals surface area contributed by atoms with E-state index in [2.05, 4.69) is 4.98 Å². The molecule has 14 heteroatoms. The lowest BCUT2D eigenvalue weighted by Crippen LogP contribution is -2.53. The molecule has 1 atom stereocenters. The number of carbonyl (C=O) groups excluding carboxylic acids is 2. The van der Waals surface area contributed by atoms with Crippen molar-refractivity contribution < 1.29 is 37.0 Å². The van der Waals surface area contributed by atoms with Gasteiger partial charge in [-0.05, 0) is 48.5 Å². The van der Waals surface area contributed by atoms with Crippen molar-refractivity contribution in [1.82, 2.24) is 9.88 Å². The van der Waals surface area contributed by atoms with Gasteiger partial charge in [0.1, 0.15) is 28.0 Å². The predicted octanol–water partition coefficient (Wildman–Crippen LogP) is 4.70. The summed E-state index contributed by atoms with van der Waals surface area (Å²) in [4.78, 5) is 36.6. The van der Waals surface area contributed by atoms with Crippen molar-refractivity contribution in [2.24, 2.45) is 0 Å². The van der Waals surface area contributed by atoms with E-state index >= 15 is 0 Å². The first-order valence-corrected chi connectivity index (χ1v) is 16.4. The van der Waals surface area contributed by atoms with Gasteiger partial charge in [0.2, 0.25) is 5.60 Å². The van der Waals surface area contributed by atoms with Gasteiger partial charge < -0.3 is 28.7 Å². The Balaban J connectivity index is 1.46. The quantitative estimate of drug-likeness (QED) is 0.259. The maximum atomic E-state index is 14.9. The highest BCUT2D eigenvalue weighted by Gasteiger charge is 2.61. The number of rotatable bonds is 8. The molecule has 0 radical (unpaired) electrons. The van der Waals surface area contributed by atoms with Crippen LogP contribution in [0.15, 0.2) is 90.0 Å². The van der Waals surface area contributed by atoms with E-state index in [1.807, 2.05) is 23.1 Å². The Hall–Kier alpha value is -5.01. The molecule has 2 amide bonds. The Kier molecular flexibility index (Phi) is 8.60. The average molecular weight is 679 g/mol. The van der Waals surface area contributed by atoms with E-state index in [1.54, 1.807) is 30.5 Å². The highest BCUT2D eigenvalue weighted by atomic mass is 35.5. The van der Waals surface area contributed by atoms with Crippen molar-refractivity contribution in [3.05, 3.63) is 101 Å². The maximum Gasteiger partial charge on any atom is 0.411 e. The number of carbonyl (C=O) groups is 2. The normalized spacial score (nSPS) is 17.7. The van der Waals surface area contributed by atoms with E-state index in [0.717, 1.165) is 5.82 Å². The van der Waals surface area contributed by atoms with Crippen LogP contribution in [0.3, 0.4) is 0 Å². The molecule has 0 N–H and O–H groups in total. The molecule has 2 aliphatic heterocycles. The number of anilines is 2. The fraction of sp³-hybridized carbons (Fsp3) is 0.242. The van der Waals surface area contributed by atoms with Crippen molar-refractivity contribution in [3.8, 4) is 17.2 Å². The number of methoxy groups -OCH3 is 3. The molecule has 4 aromatic rings. The van der Waals surface area contributed by atoms with Gasteiger partial charge in [-0.15, -0.1) is 0 Å². The molecule has 6 rings (SSSR count). The first-order valence-electron chi connectivity index (χ1n) is 14.5. The molecule has 1 fully saturated rings. The van der Waals surface area contributed by atoms with Gasteiger partial charge in [-0.3, -0.25) is 4.79 Å². The lowest BCUT2D eigenvalue weighted by molar-refractivity contribution is -0.132. The van der Waals surface area contributed by atoms with Gasteiger partial charge in [0, 0.05) is 49.0 Å². The van der Waals surface area contributed by atoms with Gasteiger partial charge >= 0.3 is 6.09 Å². The third-order valence-electron chi connectivity index (χ3n) is 8.17. The summed E-state index contributed by atoms with van der Waals surface area (Å²) >= 11 is 6.47. The average Bonchev–Trinajstić information content (AvgIpc) is 3.35. The van der Waals surface area contributed by atoms with Gasteiger partial charge in [-0.25, -0.2) is 18.2 Å². The van der Waals surface area contributed by atoms with Gasteiger partial charge in [0.25, 0.3) is 15.9 Å². The number of piperazine rings is 1. The molecule has 47 heavy (non-hydrogen) atoms. The van der Waals surface area contributed by atoms with Crippen LogP contribution in [-0.4, -0.2) is 77.8 Å². The Bertz CT molecular complexity index is 1940. The van der Waals surface area contributed by atoms with Gasteiger partial charge in [-0.2, -0.15) is 4.31 Å². The topological polar surface area (TPSA) is 128 Å². The molecule has 2 aliphatic rings. The number of benzene rings is 3. The third kappa shape index (κ3) is 5.44. The number of para-hydroxylation sites is 1. The fourth-order valence-electron chi connectivity index (χ4n) is 5.86. The smallest absolute Gasteiger partial charge is 0.411 e. The van der Waals surface area contributed by atoms with E-state index in [9.17, 15) is 18.0 Å². The molecular formula is C33H31ClN4O8S.